The minimum atomic E-state index is 0.509. The second kappa shape index (κ2) is 4.53. The zero-order chi connectivity index (χ0) is 11.5. The number of piperidine rings is 1. The Morgan fingerprint density at radius 1 is 1.24 bits per heavy atom. The molecule has 5 nitrogen and oxygen atoms in total. The third-order valence-corrected chi connectivity index (χ3v) is 3.22. The third-order valence-electron chi connectivity index (χ3n) is 3.22. The van der Waals surface area contributed by atoms with E-state index in [0.717, 1.165) is 19.0 Å². The van der Waals surface area contributed by atoms with Crippen molar-refractivity contribution in [3.8, 4) is 0 Å². The molecule has 1 aliphatic rings. The SMILES string of the molecule is c1cnc(N2CCC[C@H](c3ccn[nH]3)C2)nc1. The first kappa shape index (κ1) is 10.3. The van der Waals surface area contributed by atoms with E-state index in [9.17, 15) is 0 Å². The Labute approximate surface area is 99.9 Å². The number of hydrogen-bond acceptors (Lipinski definition) is 4. The first-order chi connectivity index (χ1) is 8.43. The molecule has 0 bridgehead atoms. The molecule has 2 aromatic heterocycles. The van der Waals surface area contributed by atoms with Gasteiger partial charge < -0.3 is 4.90 Å². The molecule has 1 atom stereocenters. The fourth-order valence-corrected chi connectivity index (χ4v) is 2.36. The van der Waals surface area contributed by atoms with Gasteiger partial charge in [-0.25, -0.2) is 9.97 Å². The van der Waals surface area contributed by atoms with Crippen LogP contribution in [0.25, 0.3) is 0 Å². The first-order valence-corrected chi connectivity index (χ1v) is 5.95. The van der Waals surface area contributed by atoms with Gasteiger partial charge in [0.25, 0.3) is 0 Å². The lowest BCUT2D eigenvalue weighted by Gasteiger charge is -2.32. The molecule has 0 aliphatic carbocycles. The van der Waals surface area contributed by atoms with Gasteiger partial charge in [0, 0.05) is 43.3 Å². The van der Waals surface area contributed by atoms with Crippen LogP contribution in [0.2, 0.25) is 0 Å². The summed E-state index contributed by atoms with van der Waals surface area (Å²) in [6.07, 6.45) is 7.77. The summed E-state index contributed by atoms with van der Waals surface area (Å²) in [4.78, 5) is 10.9. The van der Waals surface area contributed by atoms with E-state index < -0.39 is 0 Å². The maximum Gasteiger partial charge on any atom is 0.225 e. The summed E-state index contributed by atoms with van der Waals surface area (Å²) in [5.74, 6) is 1.34. The van der Waals surface area contributed by atoms with Crippen LogP contribution in [0, 0.1) is 0 Å². The highest BCUT2D eigenvalue weighted by atomic mass is 15.3. The fraction of sp³-hybridized carbons (Fsp3) is 0.417. The number of H-pyrrole nitrogens is 1. The van der Waals surface area contributed by atoms with Gasteiger partial charge in [0.15, 0.2) is 0 Å². The highest BCUT2D eigenvalue weighted by molar-refractivity contribution is 5.31. The molecule has 0 amide bonds. The van der Waals surface area contributed by atoms with E-state index in [1.807, 2.05) is 12.3 Å². The predicted molar refractivity (Wildman–Crippen MR) is 64.8 cm³/mol. The second-order valence-corrected chi connectivity index (χ2v) is 4.35. The Morgan fingerprint density at radius 3 is 2.88 bits per heavy atom. The lowest BCUT2D eigenvalue weighted by Crippen LogP contribution is -2.35. The maximum absolute atomic E-state index is 4.31. The Balaban J connectivity index is 1.76. The van der Waals surface area contributed by atoms with Gasteiger partial charge in [0.1, 0.15) is 0 Å². The topological polar surface area (TPSA) is 57.7 Å². The van der Waals surface area contributed by atoms with E-state index >= 15 is 0 Å². The molecule has 0 radical (unpaired) electrons. The quantitative estimate of drug-likeness (QED) is 0.849. The van der Waals surface area contributed by atoms with Gasteiger partial charge in [0.2, 0.25) is 5.95 Å². The monoisotopic (exact) mass is 229 g/mol. The summed E-state index contributed by atoms with van der Waals surface area (Å²) in [5.41, 5.74) is 1.21. The van der Waals surface area contributed by atoms with Gasteiger partial charge >= 0.3 is 0 Å². The molecule has 17 heavy (non-hydrogen) atoms. The van der Waals surface area contributed by atoms with E-state index in [0.29, 0.717) is 5.92 Å². The van der Waals surface area contributed by atoms with Gasteiger partial charge in [0.05, 0.1) is 0 Å². The van der Waals surface area contributed by atoms with Gasteiger partial charge in [-0.1, -0.05) is 0 Å². The van der Waals surface area contributed by atoms with Crippen molar-refractivity contribution in [3.05, 3.63) is 36.4 Å². The number of hydrogen-bond donors (Lipinski definition) is 1. The van der Waals surface area contributed by atoms with E-state index in [2.05, 4.69) is 31.1 Å². The van der Waals surface area contributed by atoms with E-state index in [-0.39, 0.29) is 0 Å². The summed E-state index contributed by atoms with van der Waals surface area (Å²) < 4.78 is 0. The normalized spacial score (nSPS) is 20.5. The number of nitrogens with zero attached hydrogens (tertiary/aromatic N) is 4. The first-order valence-electron chi connectivity index (χ1n) is 5.95. The average Bonchev–Trinajstić information content (AvgIpc) is 2.94. The van der Waals surface area contributed by atoms with Crippen LogP contribution in [-0.2, 0) is 0 Å². The van der Waals surface area contributed by atoms with Crippen molar-refractivity contribution in [1.29, 1.82) is 0 Å². The molecule has 0 saturated carbocycles. The van der Waals surface area contributed by atoms with Crippen molar-refractivity contribution < 1.29 is 0 Å². The Hall–Kier alpha value is -1.91. The van der Waals surface area contributed by atoms with Crippen LogP contribution < -0.4 is 4.90 Å². The van der Waals surface area contributed by atoms with Crippen molar-refractivity contribution in [2.45, 2.75) is 18.8 Å². The average molecular weight is 229 g/mol. The molecule has 1 saturated heterocycles. The fourth-order valence-electron chi connectivity index (χ4n) is 2.36. The van der Waals surface area contributed by atoms with Crippen LogP contribution in [0.5, 0.6) is 0 Å². The summed E-state index contributed by atoms with van der Waals surface area (Å²) in [6.45, 7) is 2.00. The van der Waals surface area contributed by atoms with Crippen molar-refractivity contribution >= 4 is 5.95 Å². The number of aromatic nitrogens is 4. The van der Waals surface area contributed by atoms with Gasteiger partial charge in [-0.3, -0.25) is 5.10 Å². The Kier molecular flexibility index (Phi) is 2.73. The van der Waals surface area contributed by atoms with Crippen molar-refractivity contribution in [1.82, 2.24) is 20.2 Å². The number of nitrogens with one attached hydrogen (secondary N) is 1. The lowest BCUT2D eigenvalue weighted by molar-refractivity contribution is 0.494. The molecule has 1 aliphatic heterocycles. The van der Waals surface area contributed by atoms with E-state index in [4.69, 9.17) is 0 Å². The lowest BCUT2D eigenvalue weighted by atomic mass is 9.95. The Morgan fingerprint density at radius 2 is 2.12 bits per heavy atom. The smallest absolute Gasteiger partial charge is 0.225 e. The standard InChI is InChI=1S/C12H15N5/c1-3-10(11-4-7-15-16-11)9-17(8-1)12-13-5-2-6-14-12/h2,4-7,10H,1,3,8-9H2,(H,15,16)/t10-/m0/s1. The minimum Gasteiger partial charge on any atom is -0.340 e. The molecular weight excluding hydrogens is 214 g/mol. The minimum absolute atomic E-state index is 0.509. The van der Waals surface area contributed by atoms with Gasteiger partial charge in [-0.05, 0) is 25.0 Å². The molecule has 5 heteroatoms. The largest absolute Gasteiger partial charge is 0.340 e. The molecule has 0 aromatic carbocycles. The number of anilines is 1. The van der Waals surface area contributed by atoms with Crippen LogP contribution in [0.1, 0.15) is 24.5 Å². The van der Waals surface area contributed by atoms with Crippen molar-refractivity contribution in [2.75, 3.05) is 18.0 Å². The summed E-state index contributed by atoms with van der Waals surface area (Å²) in [7, 11) is 0. The van der Waals surface area contributed by atoms with E-state index in [1.165, 1.54) is 18.5 Å². The van der Waals surface area contributed by atoms with Crippen LogP contribution >= 0.6 is 0 Å². The van der Waals surface area contributed by atoms with Crippen LogP contribution in [0.4, 0.5) is 5.95 Å². The number of aromatic amines is 1. The molecule has 3 rings (SSSR count). The van der Waals surface area contributed by atoms with Gasteiger partial charge in [-0.2, -0.15) is 5.10 Å². The molecule has 2 aromatic rings. The zero-order valence-corrected chi connectivity index (χ0v) is 9.58. The highest BCUT2D eigenvalue weighted by Gasteiger charge is 2.23. The molecule has 1 fully saturated rings. The third kappa shape index (κ3) is 2.13. The van der Waals surface area contributed by atoms with E-state index in [1.54, 1.807) is 12.4 Å². The summed E-state index contributed by atoms with van der Waals surface area (Å²) in [6, 6.07) is 3.90. The highest BCUT2D eigenvalue weighted by Crippen LogP contribution is 2.26. The molecular formula is C12H15N5. The molecule has 0 spiro atoms. The van der Waals surface area contributed by atoms with Crippen LogP contribution in [0.3, 0.4) is 0 Å². The summed E-state index contributed by atoms with van der Waals surface area (Å²) >= 11 is 0. The van der Waals surface area contributed by atoms with Gasteiger partial charge in [-0.15, -0.1) is 0 Å². The summed E-state index contributed by atoms with van der Waals surface area (Å²) in [5, 5.41) is 7.08. The number of rotatable bonds is 2. The maximum atomic E-state index is 4.31. The zero-order valence-electron chi connectivity index (χ0n) is 9.58. The van der Waals surface area contributed by atoms with Crippen LogP contribution in [0.15, 0.2) is 30.7 Å². The molecule has 88 valence electrons. The molecule has 1 N–H and O–H groups in total. The molecule has 3 heterocycles. The van der Waals surface area contributed by atoms with Crippen LogP contribution in [-0.4, -0.2) is 33.3 Å². The Bertz CT molecular complexity index is 453. The molecule has 0 unspecified atom stereocenters. The van der Waals surface area contributed by atoms with Crippen molar-refractivity contribution in [3.63, 3.8) is 0 Å². The van der Waals surface area contributed by atoms with Crippen molar-refractivity contribution in [2.24, 2.45) is 0 Å². The second-order valence-electron chi connectivity index (χ2n) is 4.35. The predicted octanol–water partition coefficient (Wildman–Crippen LogP) is 1.58.